The molecule has 20 nitrogen and oxygen atoms in total. The van der Waals surface area contributed by atoms with Gasteiger partial charge >= 0.3 is 0 Å². The smallest absolute Gasteiger partial charge is 0.217 e. The summed E-state index contributed by atoms with van der Waals surface area (Å²) < 4.78 is 39.5. The Hall–Kier alpha value is -1.25. The minimum absolute atomic E-state index is 0.678. The Morgan fingerprint density at radius 1 is 0.565 bits per heavy atom. The van der Waals surface area contributed by atoms with Crippen LogP contribution >= 0.6 is 0 Å². The predicted molar refractivity (Wildman–Crippen MR) is 143 cm³/mol. The van der Waals surface area contributed by atoms with E-state index in [1.165, 1.54) is 13.8 Å². The predicted octanol–water partition coefficient (Wildman–Crippen LogP) is -7.55. The van der Waals surface area contributed by atoms with Crippen molar-refractivity contribution in [1.82, 2.24) is 5.32 Å². The van der Waals surface area contributed by atoms with Crippen molar-refractivity contribution in [2.75, 3.05) is 13.2 Å². The van der Waals surface area contributed by atoms with Crippen LogP contribution in [-0.4, -0.2) is 198 Å². The number of carbonyl (C=O) groups is 1. The van der Waals surface area contributed by atoms with Crippen molar-refractivity contribution in [1.29, 1.82) is 0 Å². The van der Waals surface area contributed by atoms with Crippen LogP contribution in [0.1, 0.15) is 20.8 Å². The van der Waals surface area contributed by atoms with Crippen molar-refractivity contribution in [2.24, 2.45) is 0 Å². The Morgan fingerprint density at radius 3 is 1.52 bits per heavy atom. The maximum atomic E-state index is 11.9. The Balaban J connectivity index is 1.66. The fraction of sp³-hybridized carbons (Fsp3) is 0.962. The molecule has 20 atom stereocenters. The first-order chi connectivity index (χ1) is 21.6. The number of nitrogens with one attached hydrogen (secondary N) is 1. The summed E-state index contributed by atoms with van der Waals surface area (Å²) in [5.41, 5.74) is 0. The molecule has 0 aromatic heterocycles. The monoisotopic (exact) mass is 675 g/mol. The van der Waals surface area contributed by atoms with E-state index < -0.39 is 142 Å². The van der Waals surface area contributed by atoms with Gasteiger partial charge in [-0.2, -0.15) is 0 Å². The zero-order valence-corrected chi connectivity index (χ0v) is 25.1. The number of hydrogen-bond acceptors (Lipinski definition) is 19. The molecule has 1 amide bonds. The molecule has 4 saturated heterocycles. The van der Waals surface area contributed by atoms with Crippen LogP contribution in [0.15, 0.2) is 0 Å². The van der Waals surface area contributed by atoms with Gasteiger partial charge in [0.1, 0.15) is 85.4 Å². The summed E-state index contributed by atoms with van der Waals surface area (Å²) in [5.74, 6) is -0.678. The van der Waals surface area contributed by atoms with Crippen molar-refractivity contribution in [2.45, 2.75) is 144 Å². The summed E-state index contributed by atoms with van der Waals surface area (Å²) in [7, 11) is 0. The van der Waals surface area contributed by atoms with Crippen molar-refractivity contribution in [3.05, 3.63) is 0 Å². The van der Waals surface area contributed by atoms with E-state index in [0.29, 0.717) is 0 Å². The molecule has 0 aliphatic carbocycles. The molecule has 0 aromatic rings. The maximum absolute atomic E-state index is 11.9. The van der Waals surface area contributed by atoms with E-state index in [2.05, 4.69) is 5.32 Å². The molecule has 0 aromatic carbocycles. The second-order valence-electron chi connectivity index (χ2n) is 11.8. The molecule has 0 spiro atoms. The molecular weight excluding hydrogens is 630 g/mol. The lowest BCUT2D eigenvalue weighted by molar-refractivity contribution is -0.395. The van der Waals surface area contributed by atoms with Crippen molar-refractivity contribution >= 4 is 5.91 Å². The van der Waals surface area contributed by atoms with E-state index in [-0.39, 0.29) is 0 Å². The second kappa shape index (κ2) is 15.5. The van der Waals surface area contributed by atoms with E-state index in [4.69, 9.17) is 33.2 Å². The van der Waals surface area contributed by atoms with E-state index in [1.807, 2.05) is 0 Å². The zero-order chi connectivity index (χ0) is 34.2. The van der Waals surface area contributed by atoms with Gasteiger partial charge in [0, 0.05) is 6.92 Å². The minimum Gasteiger partial charge on any atom is -0.394 e. The van der Waals surface area contributed by atoms with Gasteiger partial charge < -0.3 is 94.6 Å². The van der Waals surface area contributed by atoms with E-state index >= 15 is 0 Å². The molecule has 46 heavy (non-hydrogen) atoms. The van der Waals surface area contributed by atoms with Gasteiger partial charge in [0.15, 0.2) is 25.2 Å². The lowest BCUT2D eigenvalue weighted by atomic mass is 9.94. The number of carbonyl (C=O) groups excluding carboxylic acids is 1. The normalized spacial score (nSPS) is 51.9. The van der Waals surface area contributed by atoms with Crippen LogP contribution in [0.4, 0.5) is 0 Å². The van der Waals surface area contributed by atoms with Crippen LogP contribution in [0.3, 0.4) is 0 Å². The first-order valence-electron chi connectivity index (χ1n) is 14.8. The van der Waals surface area contributed by atoms with Gasteiger partial charge in [-0.25, -0.2) is 0 Å². The molecule has 0 unspecified atom stereocenters. The SMILES string of the molecule is CC(=O)N[C@@H]1[C@@H](O[C@@H]2O[C@H](CO)[C@H](O[C@@H]3O[C@@H](C)[C@@H](O)[C@@H](O)[C@@H]3O)[C@H](O)[C@H]2O[C@@H]2O[C@@H](C)[C@@H](O)[C@@H](O)[C@@H]2O)[C@H](O)[C@@H](CO)O[C@H]1O. The number of aliphatic hydroxyl groups is 11. The topological polar surface area (TPSA) is 316 Å². The number of amides is 1. The summed E-state index contributed by atoms with van der Waals surface area (Å²) in [6.45, 7) is 2.17. The van der Waals surface area contributed by atoms with Gasteiger partial charge in [-0.1, -0.05) is 0 Å². The van der Waals surface area contributed by atoms with Crippen LogP contribution in [0.25, 0.3) is 0 Å². The largest absolute Gasteiger partial charge is 0.394 e. The first kappa shape index (κ1) is 37.6. The first-order valence-corrected chi connectivity index (χ1v) is 14.8. The average Bonchev–Trinajstić information content (AvgIpc) is 3.01. The standard InChI is InChI=1S/C26H45NO19/c1-6-12(31)15(34)17(36)24(40-6)44-20-10(5-29)43-26(22(19(20)38)46-25-18(37)16(35)13(32)7(2)41-25)45-21-11(27-8(3)30)23(39)42-9(4-28)14(21)33/h6-7,9-26,28-29,31-39H,4-5H2,1-3H3,(H,27,30)/t6-,7-,9+,10+,11+,12+,13+,14+,15+,16+,17-,18-,19-,20-,21+,22+,23+,24-,25-,26-/m0/s1. The molecule has 4 aliphatic heterocycles. The Labute approximate surface area is 262 Å². The van der Waals surface area contributed by atoms with Gasteiger partial charge in [0.2, 0.25) is 5.91 Å². The third-order valence-corrected chi connectivity index (χ3v) is 8.53. The highest BCUT2D eigenvalue weighted by molar-refractivity contribution is 5.73. The lowest BCUT2D eigenvalue weighted by Crippen LogP contribution is -2.69. The Bertz CT molecular complexity index is 997. The summed E-state index contributed by atoms with van der Waals surface area (Å²) in [4.78, 5) is 11.9. The van der Waals surface area contributed by atoms with E-state index in [9.17, 15) is 61.0 Å². The summed E-state index contributed by atoms with van der Waals surface area (Å²) >= 11 is 0. The van der Waals surface area contributed by atoms with Gasteiger partial charge in [-0.15, -0.1) is 0 Å². The number of ether oxygens (including phenoxy) is 7. The van der Waals surface area contributed by atoms with Crippen LogP contribution in [0.2, 0.25) is 0 Å². The second-order valence-corrected chi connectivity index (χ2v) is 11.8. The number of aliphatic hydroxyl groups excluding tert-OH is 11. The van der Waals surface area contributed by atoms with Crippen LogP contribution in [-0.2, 0) is 38.0 Å². The molecule has 0 saturated carbocycles. The molecule has 4 heterocycles. The minimum atomic E-state index is -1.95. The zero-order valence-electron chi connectivity index (χ0n) is 25.1. The third-order valence-electron chi connectivity index (χ3n) is 8.53. The molecule has 20 heteroatoms. The van der Waals surface area contributed by atoms with Gasteiger partial charge in [-0.05, 0) is 13.8 Å². The summed E-state index contributed by atoms with van der Waals surface area (Å²) in [5, 5.41) is 117. The average molecular weight is 676 g/mol. The van der Waals surface area contributed by atoms with Gasteiger partial charge in [0.25, 0.3) is 0 Å². The highest BCUT2D eigenvalue weighted by Crippen LogP contribution is 2.35. The lowest BCUT2D eigenvalue weighted by Gasteiger charge is -2.50. The quantitative estimate of drug-likeness (QED) is 0.108. The van der Waals surface area contributed by atoms with Crippen LogP contribution in [0, 0.1) is 0 Å². The van der Waals surface area contributed by atoms with Crippen LogP contribution in [0.5, 0.6) is 0 Å². The highest BCUT2D eigenvalue weighted by atomic mass is 16.8. The molecule has 4 rings (SSSR count). The number of rotatable bonds is 9. The highest BCUT2D eigenvalue weighted by Gasteiger charge is 2.56. The summed E-state index contributed by atoms with van der Waals surface area (Å²) in [6.07, 6.45) is -31.2. The molecular formula is C26H45NO19. The molecule has 12 N–H and O–H groups in total. The van der Waals surface area contributed by atoms with Crippen molar-refractivity contribution in [3.8, 4) is 0 Å². The van der Waals surface area contributed by atoms with E-state index in [1.54, 1.807) is 0 Å². The van der Waals surface area contributed by atoms with Gasteiger partial charge in [0.05, 0.1) is 25.4 Å². The fourth-order valence-corrected chi connectivity index (χ4v) is 5.82. The molecule has 4 fully saturated rings. The molecule has 268 valence electrons. The van der Waals surface area contributed by atoms with Crippen LogP contribution < -0.4 is 5.32 Å². The van der Waals surface area contributed by atoms with E-state index in [0.717, 1.165) is 6.92 Å². The summed E-state index contributed by atoms with van der Waals surface area (Å²) in [6, 6.07) is -1.48. The molecule has 0 bridgehead atoms. The van der Waals surface area contributed by atoms with Crippen molar-refractivity contribution in [3.63, 3.8) is 0 Å². The molecule has 0 radical (unpaired) electrons. The number of hydrogen-bond donors (Lipinski definition) is 12. The maximum Gasteiger partial charge on any atom is 0.217 e. The van der Waals surface area contributed by atoms with Gasteiger partial charge in [-0.3, -0.25) is 4.79 Å². The molecule has 4 aliphatic rings. The fourth-order valence-electron chi connectivity index (χ4n) is 5.82. The van der Waals surface area contributed by atoms with Crippen molar-refractivity contribution < 1.29 is 94.1 Å². The Morgan fingerprint density at radius 2 is 1.04 bits per heavy atom. The Kier molecular flexibility index (Phi) is 12.7. The third kappa shape index (κ3) is 7.64.